The molecule has 7 heteroatoms. The van der Waals surface area contributed by atoms with Gasteiger partial charge in [0, 0.05) is 38.3 Å². The molecule has 0 aliphatic carbocycles. The number of hydrogen-bond donors (Lipinski definition) is 1. The summed E-state index contributed by atoms with van der Waals surface area (Å²) in [6, 6.07) is 4.61. The third-order valence-corrected chi connectivity index (χ3v) is 2.90. The van der Waals surface area contributed by atoms with Crippen molar-refractivity contribution in [1.29, 1.82) is 0 Å². The minimum absolute atomic E-state index is 0. The van der Waals surface area contributed by atoms with E-state index in [4.69, 9.17) is 11.6 Å². The molecule has 1 aromatic carbocycles. The minimum atomic E-state index is -0.437. The van der Waals surface area contributed by atoms with Crippen LogP contribution in [0.5, 0.6) is 0 Å². The van der Waals surface area contributed by atoms with Crippen LogP contribution >= 0.6 is 24.0 Å². The van der Waals surface area contributed by atoms with E-state index in [9.17, 15) is 10.1 Å². The predicted octanol–water partition coefficient (Wildman–Crippen LogP) is 2.08. The highest BCUT2D eigenvalue weighted by molar-refractivity contribution is 6.33. The third kappa shape index (κ3) is 3.21. The van der Waals surface area contributed by atoms with Gasteiger partial charge in [0.25, 0.3) is 5.69 Å². The average molecular weight is 278 g/mol. The van der Waals surface area contributed by atoms with Gasteiger partial charge in [0.1, 0.15) is 0 Å². The molecule has 0 atom stereocenters. The molecule has 0 unspecified atom stereocenters. The molecule has 1 heterocycles. The van der Waals surface area contributed by atoms with Crippen molar-refractivity contribution in [3.8, 4) is 0 Å². The zero-order valence-electron chi connectivity index (χ0n) is 9.06. The van der Waals surface area contributed by atoms with Gasteiger partial charge in [0.15, 0.2) is 0 Å². The molecule has 0 spiro atoms. The molecule has 0 bridgehead atoms. The highest BCUT2D eigenvalue weighted by atomic mass is 35.5. The molecule has 0 radical (unpaired) electrons. The number of rotatable bonds is 2. The fourth-order valence-electron chi connectivity index (χ4n) is 1.77. The number of nitrogens with one attached hydrogen (secondary N) is 1. The van der Waals surface area contributed by atoms with Crippen LogP contribution in [0.2, 0.25) is 5.02 Å². The summed E-state index contributed by atoms with van der Waals surface area (Å²) in [6.45, 7) is 3.57. The molecular weight excluding hydrogens is 265 g/mol. The number of hydrogen-bond acceptors (Lipinski definition) is 4. The van der Waals surface area contributed by atoms with Gasteiger partial charge in [0.2, 0.25) is 0 Å². The molecular formula is C10H13Cl2N3O2. The Balaban J connectivity index is 0.00000144. The summed E-state index contributed by atoms with van der Waals surface area (Å²) >= 11 is 6.04. The molecule has 1 saturated heterocycles. The van der Waals surface area contributed by atoms with Crippen molar-refractivity contribution in [3.63, 3.8) is 0 Å². The van der Waals surface area contributed by atoms with E-state index in [1.54, 1.807) is 6.07 Å². The first-order valence-electron chi connectivity index (χ1n) is 5.08. The van der Waals surface area contributed by atoms with Gasteiger partial charge in [-0.1, -0.05) is 11.6 Å². The van der Waals surface area contributed by atoms with Crippen molar-refractivity contribution in [2.24, 2.45) is 0 Å². The number of nitro groups is 1. The molecule has 1 fully saturated rings. The van der Waals surface area contributed by atoms with Crippen molar-refractivity contribution in [1.82, 2.24) is 5.32 Å². The second kappa shape index (κ2) is 6.05. The van der Waals surface area contributed by atoms with E-state index in [0.29, 0.717) is 5.02 Å². The SMILES string of the molecule is Cl.O=[N+]([O-])c1ccc(N2CCNCC2)c(Cl)c1. The number of nitrogens with zero attached hydrogens (tertiary/aromatic N) is 2. The average Bonchev–Trinajstić information content (AvgIpc) is 2.30. The normalized spacial score (nSPS) is 15.2. The van der Waals surface area contributed by atoms with E-state index < -0.39 is 4.92 Å². The fraction of sp³-hybridized carbons (Fsp3) is 0.400. The first-order valence-corrected chi connectivity index (χ1v) is 5.46. The molecule has 0 saturated carbocycles. The molecule has 2 rings (SSSR count). The summed E-state index contributed by atoms with van der Waals surface area (Å²) in [4.78, 5) is 12.3. The van der Waals surface area contributed by atoms with Crippen LogP contribution in [0, 0.1) is 10.1 Å². The fourth-order valence-corrected chi connectivity index (χ4v) is 2.07. The van der Waals surface area contributed by atoms with E-state index in [0.717, 1.165) is 31.9 Å². The summed E-state index contributed by atoms with van der Waals surface area (Å²) in [5.74, 6) is 0. The van der Waals surface area contributed by atoms with Crippen LogP contribution in [-0.4, -0.2) is 31.1 Å². The zero-order chi connectivity index (χ0) is 11.5. The van der Waals surface area contributed by atoms with Gasteiger partial charge in [-0.3, -0.25) is 10.1 Å². The molecule has 1 aliphatic heterocycles. The lowest BCUT2D eigenvalue weighted by molar-refractivity contribution is -0.384. The smallest absolute Gasteiger partial charge is 0.271 e. The summed E-state index contributed by atoms with van der Waals surface area (Å²) in [5, 5.41) is 14.2. The van der Waals surface area contributed by atoms with Crippen LogP contribution in [0.4, 0.5) is 11.4 Å². The number of benzene rings is 1. The Labute approximate surface area is 110 Å². The van der Waals surface area contributed by atoms with Gasteiger partial charge in [-0.15, -0.1) is 12.4 Å². The number of halogens is 2. The quantitative estimate of drug-likeness (QED) is 0.664. The lowest BCUT2D eigenvalue weighted by Gasteiger charge is -2.29. The lowest BCUT2D eigenvalue weighted by Crippen LogP contribution is -2.43. The minimum Gasteiger partial charge on any atom is -0.368 e. The Bertz CT molecular complexity index is 409. The van der Waals surface area contributed by atoms with E-state index in [1.807, 2.05) is 0 Å². The summed E-state index contributed by atoms with van der Waals surface area (Å²) in [7, 11) is 0. The molecule has 1 aromatic rings. The van der Waals surface area contributed by atoms with Crippen molar-refractivity contribution in [2.75, 3.05) is 31.1 Å². The zero-order valence-corrected chi connectivity index (χ0v) is 10.6. The largest absolute Gasteiger partial charge is 0.368 e. The van der Waals surface area contributed by atoms with E-state index in [1.165, 1.54) is 12.1 Å². The Morgan fingerprint density at radius 3 is 2.53 bits per heavy atom. The first-order chi connectivity index (χ1) is 7.68. The highest BCUT2D eigenvalue weighted by Crippen LogP contribution is 2.29. The first kappa shape index (κ1) is 14.0. The van der Waals surface area contributed by atoms with Crippen molar-refractivity contribution >= 4 is 35.4 Å². The van der Waals surface area contributed by atoms with Crippen LogP contribution in [0.3, 0.4) is 0 Å². The van der Waals surface area contributed by atoms with Crippen molar-refractivity contribution in [2.45, 2.75) is 0 Å². The molecule has 1 aliphatic rings. The Hall–Kier alpha value is -1.04. The second-order valence-corrected chi connectivity index (χ2v) is 4.04. The van der Waals surface area contributed by atoms with Gasteiger partial charge in [-0.05, 0) is 6.07 Å². The van der Waals surface area contributed by atoms with E-state index in [2.05, 4.69) is 10.2 Å². The molecule has 5 nitrogen and oxygen atoms in total. The van der Waals surface area contributed by atoms with Gasteiger partial charge < -0.3 is 10.2 Å². The maximum Gasteiger partial charge on any atom is 0.271 e. The van der Waals surface area contributed by atoms with Gasteiger partial charge in [-0.2, -0.15) is 0 Å². The molecule has 1 N–H and O–H groups in total. The Morgan fingerprint density at radius 1 is 1.35 bits per heavy atom. The predicted molar refractivity (Wildman–Crippen MR) is 70.4 cm³/mol. The Morgan fingerprint density at radius 2 is 2.00 bits per heavy atom. The molecule has 0 aromatic heterocycles. The second-order valence-electron chi connectivity index (χ2n) is 3.63. The summed E-state index contributed by atoms with van der Waals surface area (Å²) in [6.07, 6.45) is 0. The number of non-ortho nitro benzene ring substituents is 1. The van der Waals surface area contributed by atoms with Gasteiger partial charge in [-0.25, -0.2) is 0 Å². The number of nitro benzene ring substituents is 1. The summed E-state index contributed by atoms with van der Waals surface area (Å²) in [5.41, 5.74) is 0.901. The standard InChI is InChI=1S/C10H12ClN3O2.ClH/c11-9-7-8(14(15)16)1-2-10(9)13-5-3-12-4-6-13;/h1-2,7,12H,3-6H2;1H. The van der Waals surface area contributed by atoms with Crippen LogP contribution in [0.1, 0.15) is 0 Å². The number of piperazine rings is 1. The van der Waals surface area contributed by atoms with E-state index in [-0.39, 0.29) is 18.1 Å². The van der Waals surface area contributed by atoms with Crippen LogP contribution in [0.25, 0.3) is 0 Å². The monoisotopic (exact) mass is 277 g/mol. The lowest BCUT2D eigenvalue weighted by atomic mass is 10.2. The maximum absolute atomic E-state index is 10.6. The van der Waals surface area contributed by atoms with Gasteiger partial charge >= 0.3 is 0 Å². The van der Waals surface area contributed by atoms with Gasteiger partial charge in [0.05, 0.1) is 15.6 Å². The van der Waals surface area contributed by atoms with Crippen molar-refractivity contribution < 1.29 is 4.92 Å². The molecule has 94 valence electrons. The third-order valence-electron chi connectivity index (χ3n) is 2.60. The highest BCUT2D eigenvalue weighted by Gasteiger charge is 2.16. The van der Waals surface area contributed by atoms with Crippen LogP contribution < -0.4 is 10.2 Å². The maximum atomic E-state index is 10.6. The summed E-state index contributed by atoms with van der Waals surface area (Å²) < 4.78 is 0. The van der Waals surface area contributed by atoms with Crippen LogP contribution in [0.15, 0.2) is 18.2 Å². The van der Waals surface area contributed by atoms with Crippen LogP contribution in [-0.2, 0) is 0 Å². The van der Waals surface area contributed by atoms with E-state index >= 15 is 0 Å². The molecule has 0 amide bonds. The number of anilines is 1. The topological polar surface area (TPSA) is 58.4 Å². The van der Waals surface area contributed by atoms with Crippen molar-refractivity contribution in [3.05, 3.63) is 33.3 Å². The molecule has 17 heavy (non-hydrogen) atoms. The Kier molecular flexibility index (Phi) is 4.99.